The Balaban J connectivity index is 1.49. The predicted molar refractivity (Wildman–Crippen MR) is 109 cm³/mol. The number of nitrogens with zero attached hydrogens (tertiary/aromatic N) is 4. The van der Waals surface area contributed by atoms with Gasteiger partial charge in [-0.3, -0.25) is 9.56 Å². The number of imidazole rings is 1. The number of pyridine rings is 1. The molecule has 1 atom stereocenters. The molecule has 0 aliphatic rings. The van der Waals surface area contributed by atoms with Crippen molar-refractivity contribution in [1.82, 2.24) is 25.2 Å². The first-order chi connectivity index (χ1) is 13.2. The quantitative estimate of drug-likeness (QED) is 0.522. The summed E-state index contributed by atoms with van der Waals surface area (Å²) in [6.45, 7) is 5.80. The highest BCUT2D eigenvalue weighted by molar-refractivity contribution is 5.79. The fourth-order valence-electron chi connectivity index (χ4n) is 2.74. The first kappa shape index (κ1) is 18.6. The van der Waals surface area contributed by atoms with Crippen LogP contribution in [0, 0.1) is 6.92 Å². The molecule has 27 heavy (non-hydrogen) atoms. The van der Waals surface area contributed by atoms with E-state index in [1.165, 1.54) is 11.1 Å². The Hall–Kier alpha value is -3.15. The van der Waals surface area contributed by atoms with Crippen LogP contribution in [0.4, 0.5) is 0 Å². The van der Waals surface area contributed by atoms with E-state index in [0.717, 1.165) is 23.9 Å². The molecule has 0 bridgehead atoms. The number of guanidine groups is 1. The lowest BCUT2D eigenvalue weighted by Gasteiger charge is -2.16. The van der Waals surface area contributed by atoms with E-state index in [-0.39, 0.29) is 0 Å². The van der Waals surface area contributed by atoms with Crippen molar-refractivity contribution < 1.29 is 0 Å². The normalized spacial score (nSPS) is 12.6. The highest BCUT2D eigenvalue weighted by Crippen LogP contribution is 2.14. The third kappa shape index (κ3) is 5.17. The third-order valence-electron chi connectivity index (χ3n) is 4.48. The minimum absolute atomic E-state index is 0.403. The van der Waals surface area contributed by atoms with E-state index in [1.54, 1.807) is 19.6 Å². The first-order valence-electron chi connectivity index (χ1n) is 9.10. The van der Waals surface area contributed by atoms with E-state index in [0.29, 0.717) is 12.5 Å². The van der Waals surface area contributed by atoms with Gasteiger partial charge in [-0.2, -0.15) is 0 Å². The molecule has 0 aliphatic heterocycles. The summed E-state index contributed by atoms with van der Waals surface area (Å²) in [5.41, 5.74) is 3.69. The summed E-state index contributed by atoms with van der Waals surface area (Å²) in [7, 11) is 1.78. The molecule has 0 amide bonds. The number of aromatic nitrogens is 3. The van der Waals surface area contributed by atoms with Crippen molar-refractivity contribution in [2.45, 2.75) is 26.3 Å². The first-order valence-corrected chi connectivity index (χ1v) is 9.10. The van der Waals surface area contributed by atoms with Gasteiger partial charge in [0.1, 0.15) is 12.1 Å². The molecule has 6 heteroatoms. The number of hydrogen-bond acceptors (Lipinski definition) is 3. The van der Waals surface area contributed by atoms with Gasteiger partial charge in [0, 0.05) is 38.7 Å². The Morgan fingerprint density at radius 1 is 1.15 bits per heavy atom. The molecule has 2 N–H and O–H groups in total. The van der Waals surface area contributed by atoms with Gasteiger partial charge in [0.05, 0.1) is 0 Å². The van der Waals surface area contributed by atoms with Gasteiger partial charge in [-0.05, 0) is 30.0 Å². The Bertz CT molecular complexity index is 851. The summed E-state index contributed by atoms with van der Waals surface area (Å²) < 4.78 is 1.88. The zero-order chi connectivity index (χ0) is 19.1. The lowest BCUT2D eigenvalue weighted by molar-refractivity contribution is 0.698. The monoisotopic (exact) mass is 362 g/mol. The Labute approximate surface area is 160 Å². The summed E-state index contributed by atoms with van der Waals surface area (Å²) in [5.74, 6) is 2.04. The molecule has 0 radical (unpaired) electrons. The standard InChI is InChI=1S/C21H26N6/c1-16-4-7-19(8-5-16)17(2)12-25-21(22-3)26-14-18-6-9-20(24-13-18)27-11-10-23-15-27/h4-11,13,15,17H,12,14H2,1-3H3,(H2,22,25,26). The maximum absolute atomic E-state index is 4.47. The molecule has 0 aliphatic carbocycles. The smallest absolute Gasteiger partial charge is 0.191 e. The van der Waals surface area contributed by atoms with Crippen LogP contribution in [-0.2, 0) is 6.54 Å². The van der Waals surface area contributed by atoms with E-state index in [9.17, 15) is 0 Å². The SMILES string of the molecule is CN=C(NCc1ccc(-n2ccnc2)nc1)NCC(C)c1ccc(C)cc1. The van der Waals surface area contributed by atoms with Gasteiger partial charge < -0.3 is 10.6 Å². The van der Waals surface area contributed by atoms with E-state index in [4.69, 9.17) is 0 Å². The zero-order valence-electron chi connectivity index (χ0n) is 16.1. The van der Waals surface area contributed by atoms with Gasteiger partial charge in [0.15, 0.2) is 5.96 Å². The van der Waals surface area contributed by atoms with Crippen LogP contribution < -0.4 is 10.6 Å². The highest BCUT2D eigenvalue weighted by Gasteiger charge is 2.07. The van der Waals surface area contributed by atoms with Gasteiger partial charge in [-0.15, -0.1) is 0 Å². The second kappa shape index (κ2) is 8.98. The zero-order valence-corrected chi connectivity index (χ0v) is 16.1. The number of hydrogen-bond donors (Lipinski definition) is 2. The number of nitrogens with one attached hydrogen (secondary N) is 2. The second-order valence-electron chi connectivity index (χ2n) is 6.61. The van der Waals surface area contributed by atoms with E-state index in [2.05, 4.69) is 69.8 Å². The molecular weight excluding hydrogens is 336 g/mol. The molecule has 0 saturated heterocycles. The Kier molecular flexibility index (Phi) is 6.20. The summed E-state index contributed by atoms with van der Waals surface area (Å²) in [5, 5.41) is 6.73. The van der Waals surface area contributed by atoms with Crippen molar-refractivity contribution in [3.8, 4) is 5.82 Å². The molecule has 0 spiro atoms. The van der Waals surface area contributed by atoms with Crippen LogP contribution in [0.25, 0.3) is 5.82 Å². The average molecular weight is 362 g/mol. The van der Waals surface area contributed by atoms with Crippen LogP contribution in [0.1, 0.15) is 29.5 Å². The third-order valence-corrected chi connectivity index (χ3v) is 4.48. The number of rotatable bonds is 6. The van der Waals surface area contributed by atoms with Crippen LogP contribution in [0.2, 0.25) is 0 Å². The van der Waals surface area contributed by atoms with E-state index >= 15 is 0 Å². The van der Waals surface area contributed by atoms with Crippen LogP contribution in [0.3, 0.4) is 0 Å². The molecule has 140 valence electrons. The summed E-state index contributed by atoms with van der Waals surface area (Å²) in [6.07, 6.45) is 7.22. The average Bonchev–Trinajstić information content (AvgIpc) is 3.24. The number of benzene rings is 1. The molecule has 0 fully saturated rings. The molecule has 6 nitrogen and oxygen atoms in total. The summed E-state index contributed by atoms with van der Waals surface area (Å²) in [6, 6.07) is 12.7. The number of aliphatic imine (C=N–C) groups is 1. The fourth-order valence-corrected chi connectivity index (χ4v) is 2.74. The highest BCUT2D eigenvalue weighted by atomic mass is 15.2. The predicted octanol–water partition coefficient (Wildman–Crippen LogP) is 3.04. The van der Waals surface area contributed by atoms with Gasteiger partial charge >= 0.3 is 0 Å². The van der Waals surface area contributed by atoms with Crippen molar-refractivity contribution in [1.29, 1.82) is 0 Å². The molecule has 2 aromatic heterocycles. The molecule has 0 saturated carbocycles. The topological polar surface area (TPSA) is 67.1 Å². The molecule has 3 rings (SSSR count). The van der Waals surface area contributed by atoms with Crippen LogP contribution in [0.5, 0.6) is 0 Å². The minimum atomic E-state index is 0.403. The van der Waals surface area contributed by atoms with Crippen molar-refractivity contribution in [3.63, 3.8) is 0 Å². The molecular formula is C21H26N6. The van der Waals surface area contributed by atoms with Crippen LogP contribution in [0.15, 0.2) is 66.3 Å². The Morgan fingerprint density at radius 3 is 2.59 bits per heavy atom. The van der Waals surface area contributed by atoms with Gasteiger partial charge in [0.2, 0.25) is 0 Å². The van der Waals surface area contributed by atoms with Crippen LogP contribution in [-0.4, -0.2) is 34.1 Å². The second-order valence-corrected chi connectivity index (χ2v) is 6.61. The molecule has 3 aromatic rings. The summed E-state index contributed by atoms with van der Waals surface area (Å²) >= 11 is 0. The van der Waals surface area contributed by atoms with E-state index in [1.807, 2.05) is 23.0 Å². The van der Waals surface area contributed by atoms with Crippen LogP contribution >= 0.6 is 0 Å². The van der Waals surface area contributed by atoms with Gasteiger partial charge in [0.25, 0.3) is 0 Å². The van der Waals surface area contributed by atoms with Crippen molar-refractivity contribution in [2.75, 3.05) is 13.6 Å². The molecule has 1 unspecified atom stereocenters. The van der Waals surface area contributed by atoms with E-state index < -0.39 is 0 Å². The Morgan fingerprint density at radius 2 is 1.96 bits per heavy atom. The van der Waals surface area contributed by atoms with Crippen molar-refractivity contribution in [2.24, 2.45) is 4.99 Å². The minimum Gasteiger partial charge on any atom is -0.356 e. The van der Waals surface area contributed by atoms with Crippen molar-refractivity contribution >= 4 is 5.96 Å². The maximum Gasteiger partial charge on any atom is 0.191 e. The summed E-state index contributed by atoms with van der Waals surface area (Å²) in [4.78, 5) is 12.8. The lowest BCUT2D eigenvalue weighted by Crippen LogP contribution is -2.38. The van der Waals surface area contributed by atoms with Gasteiger partial charge in [-0.25, -0.2) is 9.97 Å². The lowest BCUT2D eigenvalue weighted by atomic mass is 10.0. The fraction of sp³-hybridized carbons (Fsp3) is 0.286. The van der Waals surface area contributed by atoms with Crippen molar-refractivity contribution in [3.05, 3.63) is 78.0 Å². The number of aryl methyl sites for hydroxylation is 1. The molecule has 1 aromatic carbocycles. The largest absolute Gasteiger partial charge is 0.356 e. The molecule has 2 heterocycles. The van der Waals surface area contributed by atoms with Gasteiger partial charge in [-0.1, -0.05) is 42.8 Å². The maximum atomic E-state index is 4.47.